The Labute approximate surface area is 164 Å². The predicted molar refractivity (Wildman–Crippen MR) is 104 cm³/mol. The number of carbonyl (C=O) groups excluding carboxylic acids is 1. The molecule has 146 valence electrons. The first kappa shape index (κ1) is 18.7. The minimum absolute atomic E-state index is 0.236. The van der Waals surface area contributed by atoms with Gasteiger partial charge < -0.3 is 14.7 Å². The standard InChI is InChI=1S/C22H24N2O4/c25-21(17-7-5-16(6-8-17)14-23-9-11-28-12-10-23)24-15-19-4-2-1-3-18(19)13-20(24)22(26)27/h1-8,20H,9-15H2,(H,26,27). The van der Waals surface area contributed by atoms with Gasteiger partial charge in [0.2, 0.25) is 0 Å². The molecule has 0 saturated carbocycles. The Hall–Kier alpha value is -2.70. The van der Waals surface area contributed by atoms with E-state index >= 15 is 0 Å². The monoisotopic (exact) mass is 380 g/mol. The SMILES string of the molecule is O=C(O)C1Cc2ccccc2CN1C(=O)c1ccc(CN2CCOCC2)cc1. The normalized spacial score (nSPS) is 19.9. The lowest BCUT2D eigenvalue weighted by atomic mass is 9.93. The molecular formula is C22H24N2O4. The van der Waals surface area contributed by atoms with E-state index in [2.05, 4.69) is 4.90 Å². The zero-order valence-electron chi connectivity index (χ0n) is 15.7. The number of fused-ring (bicyclic) bond motifs is 1. The third-order valence-electron chi connectivity index (χ3n) is 5.51. The lowest BCUT2D eigenvalue weighted by molar-refractivity contribution is -0.142. The van der Waals surface area contributed by atoms with E-state index in [-0.39, 0.29) is 5.91 Å². The van der Waals surface area contributed by atoms with Gasteiger partial charge in [-0.2, -0.15) is 0 Å². The van der Waals surface area contributed by atoms with Crippen LogP contribution in [-0.4, -0.2) is 59.1 Å². The van der Waals surface area contributed by atoms with Gasteiger partial charge in [0.25, 0.3) is 5.91 Å². The van der Waals surface area contributed by atoms with Crippen molar-refractivity contribution in [3.8, 4) is 0 Å². The Morgan fingerprint density at radius 2 is 1.68 bits per heavy atom. The maximum atomic E-state index is 13.1. The molecule has 2 aromatic carbocycles. The Morgan fingerprint density at radius 3 is 2.36 bits per heavy atom. The summed E-state index contributed by atoms with van der Waals surface area (Å²) in [4.78, 5) is 28.6. The molecule has 0 spiro atoms. The molecule has 4 rings (SSSR count). The molecule has 0 radical (unpaired) electrons. The average molecular weight is 380 g/mol. The molecule has 1 saturated heterocycles. The molecule has 1 amide bonds. The van der Waals surface area contributed by atoms with Gasteiger partial charge >= 0.3 is 5.97 Å². The predicted octanol–water partition coefficient (Wildman–Crippen LogP) is 2.17. The molecule has 1 unspecified atom stereocenters. The number of hydrogen-bond acceptors (Lipinski definition) is 4. The molecule has 1 atom stereocenters. The molecule has 6 heteroatoms. The van der Waals surface area contributed by atoms with E-state index in [9.17, 15) is 14.7 Å². The van der Waals surface area contributed by atoms with Crippen molar-refractivity contribution in [2.24, 2.45) is 0 Å². The van der Waals surface area contributed by atoms with Gasteiger partial charge in [0.15, 0.2) is 0 Å². The molecule has 2 aliphatic rings. The Balaban J connectivity index is 1.50. The Kier molecular flexibility index (Phi) is 5.41. The van der Waals surface area contributed by atoms with Gasteiger partial charge in [0, 0.05) is 38.2 Å². The van der Waals surface area contributed by atoms with Crippen molar-refractivity contribution in [3.05, 3.63) is 70.8 Å². The highest BCUT2D eigenvalue weighted by atomic mass is 16.5. The van der Waals surface area contributed by atoms with Crippen LogP contribution in [0.25, 0.3) is 0 Å². The summed E-state index contributed by atoms with van der Waals surface area (Å²) in [5, 5.41) is 9.65. The fraction of sp³-hybridized carbons (Fsp3) is 0.364. The third-order valence-corrected chi connectivity index (χ3v) is 5.51. The van der Waals surface area contributed by atoms with Crippen molar-refractivity contribution in [2.45, 2.75) is 25.6 Å². The van der Waals surface area contributed by atoms with Gasteiger partial charge in [-0.25, -0.2) is 4.79 Å². The molecular weight excluding hydrogens is 356 g/mol. The number of nitrogens with zero attached hydrogens (tertiary/aromatic N) is 2. The summed E-state index contributed by atoms with van der Waals surface area (Å²) in [7, 11) is 0. The molecule has 1 fully saturated rings. The number of benzene rings is 2. The number of aliphatic carboxylic acids is 1. The van der Waals surface area contributed by atoms with Crippen LogP contribution in [0.2, 0.25) is 0 Å². The fourth-order valence-corrected chi connectivity index (χ4v) is 3.89. The van der Waals surface area contributed by atoms with Crippen LogP contribution in [0.1, 0.15) is 27.0 Å². The number of morpholine rings is 1. The van der Waals surface area contributed by atoms with Crippen LogP contribution in [-0.2, 0) is 29.0 Å². The van der Waals surface area contributed by atoms with E-state index in [1.807, 2.05) is 36.4 Å². The Bertz CT molecular complexity index is 859. The summed E-state index contributed by atoms with van der Waals surface area (Å²) in [6.45, 7) is 4.48. The lowest BCUT2D eigenvalue weighted by Crippen LogP contribution is -2.48. The number of carboxylic acid groups (broad SMARTS) is 1. The highest BCUT2D eigenvalue weighted by Crippen LogP contribution is 2.25. The summed E-state index contributed by atoms with van der Waals surface area (Å²) < 4.78 is 5.37. The van der Waals surface area contributed by atoms with E-state index in [0.29, 0.717) is 18.5 Å². The van der Waals surface area contributed by atoms with E-state index in [1.54, 1.807) is 12.1 Å². The van der Waals surface area contributed by atoms with Crippen molar-refractivity contribution < 1.29 is 19.4 Å². The second kappa shape index (κ2) is 8.12. The van der Waals surface area contributed by atoms with Gasteiger partial charge in [-0.1, -0.05) is 36.4 Å². The van der Waals surface area contributed by atoms with Gasteiger partial charge in [-0.05, 0) is 28.8 Å². The first-order valence-corrected chi connectivity index (χ1v) is 9.61. The lowest BCUT2D eigenvalue weighted by Gasteiger charge is -2.34. The minimum Gasteiger partial charge on any atom is -0.480 e. The summed E-state index contributed by atoms with van der Waals surface area (Å²) in [6, 6.07) is 14.4. The molecule has 28 heavy (non-hydrogen) atoms. The molecule has 2 aromatic rings. The second-order valence-electron chi connectivity index (χ2n) is 7.35. The van der Waals surface area contributed by atoms with Crippen LogP contribution >= 0.6 is 0 Å². The largest absolute Gasteiger partial charge is 0.480 e. The van der Waals surface area contributed by atoms with Gasteiger partial charge in [-0.3, -0.25) is 9.69 Å². The first-order chi connectivity index (χ1) is 13.6. The molecule has 0 bridgehead atoms. The van der Waals surface area contributed by atoms with E-state index in [0.717, 1.165) is 49.5 Å². The van der Waals surface area contributed by atoms with Crippen molar-refractivity contribution in [1.82, 2.24) is 9.80 Å². The van der Waals surface area contributed by atoms with Crippen LogP contribution < -0.4 is 0 Å². The van der Waals surface area contributed by atoms with Crippen molar-refractivity contribution in [3.63, 3.8) is 0 Å². The molecule has 6 nitrogen and oxygen atoms in total. The highest BCUT2D eigenvalue weighted by Gasteiger charge is 2.34. The summed E-state index contributed by atoms with van der Waals surface area (Å²) in [5.74, 6) is -1.20. The number of hydrogen-bond donors (Lipinski definition) is 1. The van der Waals surface area contributed by atoms with E-state index < -0.39 is 12.0 Å². The smallest absolute Gasteiger partial charge is 0.326 e. The minimum atomic E-state index is -0.966. The molecule has 0 aliphatic carbocycles. The second-order valence-corrected chi connectivity index (χ2v) is 7.35. The third kappa shape index (κ3) is 3.93. The summed E-state index contributed by atoms with van der Waals surface area (Å²) in [5.41, 5.74) is 3.67. The fourth-order valence-electron chi connectivity index (χ4n) is 3.89. The van der Waals surface area contributed by atoms with Crippen LogP contribution in [0, 0.1) is 0 Å². The number of carboxylic acids is 1. The zero-order valence-corrected chi connectivity index (χ0v) is 15.7. The quantitative estimate of drug-likeness (QED) is 0.880. The molecule has 1 N–H and O–H groups in total. The van der Waals surface area contributed by atoms with Crippen LogP contribution in [0.5, 0.6) is 0 Å². The number of amides is 1. The van der Waals surface area contributed by atoms with Gasteiger partial charge in [0.1, 0.15) is 6.04 Å². The number of carbonyl (C=O) groups is 2. The maximum Gasteiger partial charge on any atom is 0.326 e. The molecule has 0 aromatic heterocycles. The Morgan fingerprint density at radius 1 is 1.00 bits per heavy atom. The summed E-state index contributed by atoms with van der Waals surface area (Å²) in [6.07, 6.45) is 0.340. The van der Waals surface area contributed by atoms with Gasteiger partial charge in [0.05, 0.1) is 13.2 Å². The van der Waals surface area contributed by atoms with Crippen LogP contribution in [0.15, 0.2) is 48.5 Å². The topological polar surface area (TPSA) is 70.1 Å². The number of rotatable bonds is 4. The van der Waals surface area contributed by atoms with Crippen LogP contribution in [0.4, 0.5) is 0 Å². The van der Waals surface area contributed by atoms with Crippen molar-refractivity contribution in [1.29, 1.82) is 0 Å². The maximum absolute atomic E-state index is 13.1. The first-order valence-electron chi connectivity index (χ1n) is 9.61. The summed E-state index contributed by atoms with van der Waals surface area (Å²) >= 11 is 0. The average Bonchev–Trinajstić information content (AvgIpc) is 2.73. The highest BCUT2D eigenvalue weighted by molar-refractivity contribution is 5.97. The van der Waals surface area contributed by atoms with E-state index in [4.69, 9.17) is 4.74 Å². The van der Waals surface area contributed by atoms with Gasteiger partial charge in [-0.15, -0.1) is 0 Å². The number of ether oxygens (including phenoxy) is 1. The zero-order chi connectivity index (χ0) is 19.5. The van der Waals surface area contributed by atoms with Crippen molar-refractivity contribution >= 4 is 11.9 Å². The molecule has 2 aliphatic heterocycles. The van der Waals surface area contributed by atoms with Crippen molar-refractivity contribution in [2.75, 3.05) is 26.3 Å². The van der Waals surface area contributed by atoms with Crippen LogP contribution in [0.3, 0.4) is 0 Å². The van der Waals surface area contributed by atoms with E-state index in [1.165, 1.54) is 4.90 Å². The molecule has 2 heterocycles.